The van der Waals surface area contributed by atoms with Crippen LogP contribution in [0.3, 0.4) is 0 Å². The Bertz CT molecular complexity index is 569. The molecular formula is C16H26N4. The van der Waals surface area contributed by atoms with E-state index in [2.05, 4.69) is 43.3 Å². The predicted octanol–water partition coefficient (Wildman–Crippen LogP) is 3.38. The molecule has 2 heterocycles. The van der Waals surface area contributed by atoms with E-state index in [0.29, 0.717) is 5.92 Å². The highest BCUT2D eigenvalue weighted by Gasteiger charge is 2.19. The second-order valence-corrected chi connectivity index (χ2v) is 5.62. The minimum atomic E-state index is 0.156. The summed E-state index contributed by atoms with van der Waals surface area (Å²) >= 11 is 0. The molecule has 0 spiro atoms. The van der Waals surface area contributed by atoms with E-state index in [1.165, 1.54) is 0 Å². The fraction of sp³-hybridized carbons (Fsp3) is 0.625. The molecule has 0 aliphatic heterocycles. The Balaban J connectivity index is 2.55. The van der Waals surface area contributed by atoms with Crippen LogP contribution in [0.5, 0.6) is 0 Å². The van der Waals surface area contributed by atoms with E-state index in [9.17, 15) is 0 Å². The highest BCUT2D eigenvalue weighted by Crippen LogP contribution is 2.26. The van der Waals surface area contributed by atoms with Crippen molar-refractivity contribution < 1.29 is 0 Å². The Morgan fingerprint density at radius 3 is 2.50 bits per heavy atom. The average Bonchev–Trinajstić information content (AvgIpc) is 2.78. The van der Waals surface area contributed by atoms with E-state index >= 15 is 0 Å². The Labute approximate surface area is 121 Å². The highest BCUT2D eigenvalue weighted by molar-refractivity contribution is 5.72. The molecule has 0 radical (unpaired) electrons. The number of aromatic nitrogens is 3. The smallest absolute Gasteiger partial charge is 0.160 e. The van der Waals surface area contributed by atoms with E-state index in [0.717, 1.165) is 48.4 Å². The minimum absolute atomic E-state index is 0.156. The van der Waals surface area contributed by atoms with Crippen LogP contribution in [0.2, 0.25) is 0 Å². The molecule has 0 saturated heterocycles. The van der Waals surface area contributed by atoms with Crippen molar-refractivity contribution in [2.45, 2.75) is 65.5 Å². The zero-order valence-electron chi connectivity index (χ0n) is 13.1. The van der Waals surface area contributed by atoms with Gasteiger partial charge in [0.15, 0.2) is 5.65 Å². The monoisotopic (exact) mass is 274 g/mol. The van der Waals surface area contributed by atoms with Gasteiger partial charge in [-0.3, -0.25) is 0 Å². The Morgan fingerprint density at radius 2 is 1.90 bits per heavy atom. The molecule has 0 aliphatic carbocycles. The lowest BCUT2D eigenvalue weighted by Gasteiger charge is -2.17. The lowest BCUT2D eigenvalue weighted by Crippen LogP contribution is -2.26. The van der Waals surface area contributed by atoms with Crippen LogP contribution in [0.15, 0.2) is 12.3 Å². The van der Waals surface area contributed by atoms with E-state index in [1.807, 2.05) is 6.20 Å². The first kappa shape index (κ1) is 15.0. The fourth-order valence-corrected chi connectivity index (χ4v) is 2.64. The summed E-state index contributed by atoms with van der Waals surface area (Å²) in [5.41, 5.74) is 9.28. The number of hydrogen-bond acceptors (Lipinski definition) is 3. The van der Waals surface area contributed by atoms with Crippen molar-refractivity contribution in [3.63, 3.8) is 0 Å². The van der Waals surface area contributed by atoms with Gasteiger partial charge in [-0.2, -0.15) is 0 Å². The summed E-state index contributed by atoms with van der Waals surface area (Å²) in [4.78, 5) is 9.43. The topological polar surface area (TPSA) is 56.7 Å². The van der Waals surface area contributed by atoms with Gasteiger partial charge < -0.3 is 10.3 Å². The maximum Gasteiger partial charge on any atom is 0.160 e. The average molecular weight is 274 g/mol. The van der Waals surface area contributed by atoms with Crippen molar-refractivity contribution in [1.29, 1.82) is 0 Å². The SMILES string of the molecule is CCC(N)Cn1c(C(CC)CC)nc2cc(C)cnc21. The third-order valence-corrected chi connectivity index (χ3v) is 4.04. The van der Waals surface area contributed by atoms with Crippen molar-refractivity contribution >= 4 is 11.2 Å². The Morgan fingerprint density at radius 1 is 1.20 bits per heavy atom. The number of nitrogens with zero attached hydrogens (tertiary/aromatic N) is 3. The molecule has 2 N–H and O–H groups in total. The van der Waals surface area contributed by atoms with Gasteiger partial charge in [-0.25, -0.2) is 9.97 Å². The summed E-state index contributed by atoms with van der Waals surface area (Å²) in [5, 5.41) is 0. The Kier molecular flexibility index (Phi) is 4.76. The van der Waals surface area contributed by atoms with Crippen LogP contribution in [0.1, 0.15) is 57.3 Å². The molecule has 0 saturated carbocycles. The molecule has 2 rings (SSSR count). The normalized spacial score (nSPS) is 13.3. The van der Waals surface area contributed by atoms with Crippen molar-refractivity contribution in [3.8, 4) is 0 Å². The molecule has 0 aromatic carbocycles. The summed E-state index contributed by atoms with van der Waals surface area (Å²) in [7, 11) is 0. The lowest BCUT2D eigenvalue weighted by molar-refractivity contribution is 0.497. The minimum Gasteiger partial charge on any atom is -0.326 e. The van der Waals surface area contributed by atoms with Crippen LogP contribution in [-0.2, 0) is 6.54 Å². The molecule has 4 nitrogen and oxygen atoms in total. The van der Waals surface area contributed by atoms with E-state index in [-0.39, 0.29) is 6.04 Å². The summed E-state index contributed by atoms with van der Waals surface area (Å²) in [6, 6.07) is 2.27. The summed E-state index contributed by atoms with van der Waals surface area (Å²) in [6.45, 7) is 9.42. The zero-order valence-corrected chi connectivity index (χ0v) is 13.1. The van der Waals surface area contributed by atoms with E-state index < -0.39 is 0 Å². The number of nitrogens with two attached hydrogens (primary N) is 1. The van der Waals surface area contributed by atoms with Crippen molar-refractivity contribution in [2.24, 2.45) is 5.73 Å². The van der Waals surface area contributed by atoms with Crippen LogP contribution >= 0.6 is 0 Å². The molecule has 1 unspecified atom stereocenters. The number of aryl methyl sites for hydroxylation is 1. The van der Waals surface area contributed by atoms with Crippen molar-refractivity contribution in [1.82, 2.24) is 14.5 Å². The quantitative estimate of drug-likeness (QED) is 0.878. The first-order valence-corrected chi connectivity index (χ1v) is 7.68. The van der Waals surface area contributed by atoms with Gasteiger partial charge >= 0.3 is 0 Å². The summed E-state index contributed by atoms with van der Waals surface area (Å²) < 4.78 is 2.24. The molecule has 2 aromatic rings. The third-order valence-electron chi connectivity index (χ3n) is 4.04. The molecule has 20 heavy (non-hydrogen) atoms. The zero-order chi connectivity index (χ0) is 14.7. The number of rotatable bonds is 6. The molecule has 110 valence electrons. The van der Waals surface area contributed by atoms with Gasteiger partial charge in [0.25, 0.3) is 0 Å². The van der Waals surface area contributed by atoms with Gasteiger partial charge in [-0.1, -0.05) is 20.8 Å². The molecule has 2 aromatic heterocycles. The van der Waals surface area contributed by atoms with Gasteiger partial charge in [-0.15, -0.1) is 0 Å². The van der Waals surface area contributed by atoms with Gasteiger partial charge in [0.1, 0.15) is 11.3 Å². The van der Waals surface area contributed by atoms with E-state index in [4.69, 9.17) is 10.7 Å². The molecule has 1 atom stereocenters. The molecule has 4 heteroatoms. The fourth-order valence-electron chi connectivity index (χ4n) is 2.64. The number of pyridine rings is 1. The molecule has 0 amide bonds. The van der Waals surface area contributed by atoms with Crippen LogP contribution in [0.4, 0.5) is 0 Å². The van der Waals surface area contributed by atoms with Gasteiger partial charge in [0.2, 0.25) is 0 Å². The molecular weight excluding hydrogens is 248 g/mol. The number of hydrogen-bond donors (Lipinski definition) is 1. The molecule has 0 bridgehead atoms. The predicted molar refractivity (Wildman–Crippen MR) is 83.9 cm³/mol. The lowest BCUT2D eigenvalue weighted by atomic mass is 10.0. The Hall–Kier alpha value is -1.42. The van der Waals surface area contributed by atoms with Crippen LogP contribution in [0.25, 0.3) is 11.2 Å². The number of imidazole rings is 1. The molecule has 0 fully saturated rings. The number of fused-ring (bicyclic) bond motifs is 1. The van der Waals surface area contributed by atoms with Gasteiger partial charge in [-0.05, 0) is 37.8 Å². The molecule has 0 aliphatic rings. The van der Waals surface area contributed by atoms with Crippen LogP contribution in [0, 0.1) is 6.92 Å². The largest absolute Gasteiger partial charge is 0.326 e. The van der Waals surface area contributed by atoms with Crippen molar-refractivity contribution in [2.75, 3.05) is 0 Å². The summed E-state index contributed by atoms with van der Waals surface area (Å²) in [5.74, 6) is 1.63. The first-order valence-electron chi connectivity index (χ1n) is 7.68. The second-order valence-electron chi connectivity index (χ2n) is 5.62. The third kappa shape index (κ3) is 2.85. The van der Waals surface area contributed by atoms with E-state index in [1.54, 1.807) is 0 Å². The summed E-state index contributed by atoms with van der Waals surface area (Å²) in [6.07, 6.45) is 5.07. The highest BCUT2D eigenvalue weighted by atomic mass is 15.1. The second kappa shape index (κ2) is 6.35. The van der Waals surface area contributed by atoms with Gasteiger partial charge in [0, 0.05) is 24.7 Å². The van der Waals surface area contributed by atoms with Crippen LogP contribution < -0.4 is 5.73 Å². The van der Waals surface area contributed by atoms with Gasteiger partial charge in [0.05, 0.1) is 0 Å². The standard InChI is InChI=1S/C16H26N4/c1-5-12(6-2)15-19-14-8-11(4)9-18-16(14)20(15)10-13(17)7-3/h8-9,12-13H,5-7,10,17H2,1-4H3. The van der Waals surface area contributed by atoms with Crippen LogP contribution in [-0.4, -0.2) is 20.6 Å². The maximum atomic E-state index is 6.16. The first-order chi connectivity index (χ1) is 9.60. The maximum absolute atomic E-state index is 6.16. The van der Waals surface area contributed by atoms with Crippen molar-refractivity contribution in [3.05, 3.63) is 23.7 Å².